The van der Waals surface area contributed by atoms with Crippen LogP contribution in [-0.4, -0.2) is 45.2 Å². The van der Waals surface area contributed by atoms with Gasteiger partial charge in [-0.25, -0.2) is 8.42 Å². The Morgan fingerprint density at radius 1 is 1.33 bits per heavy atom. The van der Waals surface area contributed by atoms with Crippen molar-refractivity contribution in [3.63, 3.8) is 0 Å². The Morgan fingerprint density at radius 2 is 2.00 bits per heavy atom. The molecule has 15 heavy (non-hydrogen) atoms. The molecule has 0 saturated carbocycles. The van der Waals surface area contributed by atoms with Crippen molar-refractivity contribution in [3.05, 3.63) is 0 Å². The molecule has 1 spiro atoms. The molecule has 0 bridgehead atoms. The first-order valence-electron chi connectivity index (χ1n) is 5.57. The van der Waals surface area contributed by atoms with Crippen molar-refractivity contribution >= 4 is 9.84 Å². The Balaban J connectivity index is 2.02. The maximum Gasteiger partial charge on any atom is 0.150 e. The van der Waals surface area contributed by atoms with Gasteiger partial charge in [0.2, 0.25) is 0 Å². The molecular weight excluding hydrogens is 214 g/mol. The van der Waals surface area contributed by atoms with Crippen molar-refractivity contribution in [1.82, 2.24) is 5.32 Å². The van der Waals surface area contributed by atoms with E-state index < -0.39 is 9.84 Å². The summed E-state index contributed by atoms with van der Waals surface area (Å²) in [5.41, 5.74) is -0.156. The summed E-state index contributed by atoms with van der Waals surface area (Å²) < 4.78 is 28.5. The number of rotatable bonds is 1. The lowest BCUT2D eigenvalue weighted by molar-refractivity contribution is -0.0931. The summed E-state index contributed by atoms with van der Waals surface area (Å²) in [5.74, 6) is 0.590. The molecule has 4 nitrogen and oxygen atoms in total. The van der Waals surface area contributed by atoms with Gasteiger partial charge in [0.15, 0.2) is 9.84 Å². The van der Waals surface area contributed by atoms with Crippen LogP contribution in [0.2, 0.25) is 0 Å². The molecular formula is C10H19NO3S. The third-order valence-corrected chi connectivity index (χ3v) is 5.29. The van der Waals surface area contributed by atoms with E-state index >= 15 is 0 Å². The van der Waals surface area contributed by atoms with E-state index in [4.69, 9.17) is 4.74 Å². The minimum absolute atomic E-state index is 0.156. The molecule has 2 rings (SSSR count). The molecule has 0 aromatic heterocycles. The standard InChI is InChI=1S/C10H19NO3S/c1-11-9-2-5-14-10(8-9)3-6-15(12,13)7-4-10/h9,11H,2-8H2,1H3. The molecule has 2 heterocycles. The van der Waals surface area contributed by atoms with Crippen LogP contribution in [0.3, 0.4) is 0 Å². The van der Waals surface area contributed by atoms with Crippen LogP contribution >= 0.6 is 0 Å². The van der Waals surface area contributed by atoms with Gasteiger partial charge in [-0.3, -0.25) is 0 Å². The summed E-state index contributed by atoms with van der Waals surface area (Å²) in [6.45, 7) is 0.756. The molecule has 2 saturated heterocycles. The van der Waals surface area contributed by atoms with E-state index in [1.54, 1.807) is 0 Å². The zero-order valence-corrected chi connectivity index (χ0v) is 9.98. The smallest absolute Gasteiger partial charge is 0.150 e. The third-order valence-electron chi connectivity index (χ3n) is 3.64. The molecule has 2 aliphatic rings. The Morgan fingerprint density at radius 3 is 2.60 bits per heavy atom. The minimum atomic E-state index is -2.78. The average molecular weight is 233 g/mol. The molecule has 0 amide bonds. The van der Waals surface area contributed by atoms with E-state index in [-0.39, 0.29) is 5.60 Å². The van der Waals surface area contributed by atoms with E-state index in [0.717, 1.165) is 19.4 Å². The predicted molar refractivity (Wildman–Crippen MR) is 58.7 cm³/mol. The van der Waals surface area contributed by atoms with E-state index in [1.165, 1.54) is 0 Å². The van der Waals surface area contributed by atoms with Gasteiger partial charge in [0.1, 0.15) is 0 Å². The quantitative estimate of drug-likeness (QED) is 0.709. The zero-order valence-electron chi connectivity index (χ0n) is 9.16. The first kappa shape index (κ1) is 11.4. The van der Waals surface area contributed by atoms with Crippen molar-refractivity contribution in [1.29, 1.82) is 0 Å². The molecule has 0 aliphatic carbocycles. The fraction of sp³-hybridized carbons (Fsp3) is 1.00. The fourth-order valence-electron chi connectivity index (χ4n) is 2.53. The second-order valence-corrected chi connectivity index (χ2v) is 6.97. The molecule has 5 heteroatoms. The largest absolute Gasteiger partial charge is 0.375 e. The number of ether oxygens (including phenoxy) is 1. The van der Waals surface area contributed by atoms with Gasteiger partial charge in [-0.2, -0.15) is 0 Å². The normalized spacial score (nSPS) is 34.1. The number of sulfone groups is 1. The molecule has 2 fully saturated rings. The van der Waals surface area contributed by atoms with Crippen LogP contribution in [0.1, 0.15) is 25.7 Å². The number of hydrogen-bond donors (Lipinski definition) is 1. The molecule has 2 aliphatic heterocycles. The predicted octanol–water partition coefficient (Wildman–Crippen LogP) is 0.332. The van der Waals surface area contributed by atoms with Crippen LogP contribution < -0.4 is 5.32 Å². The van der Waals surface area contributed by atoms with Crippen molar-refractivity contribution in [2.24, 2.45) is 0 Å². The highest BCUT2D eigenvalue weighted by molar-refractivity contribution is 7.91. The summed E-state index contributed by atoms with van der Waals surface area (Å²) in [5, 5.41) is 3.27. The second kappa shape index (κ2) is 4.03. The Hall–Kier alpha value is -0.130. The Labute approximate surface area is 91.3 Å². The summed E-state index contributed by atoms with van der Waals surface area (Å²) in [6, 6.07) is 0.486. The number of nitrogens with one attached hydrogen (secondary N) is 1. The first-order chi connectivity index (χ1) is 7.05. The molecule has 1 unspecified atom stereocenters. The lowest BCUT2D eigenvalue weighted by atomic mass is 9.85. The van der Waals surface area contributed by atoms with Gasteiger partial charge >= 0.3 is 0 Å². The van der Waals surface area contributed by atoms with Gasteiger partial charge in [-0.15, -0.1) is 0 Å². The van der Waals surface area contributed by atoms with Crippen LogP contribution in [0.15, 0.2) is 0 Å². The van der Waals surface area contributed by atoms with Crippen LogP contribution in [0, 0.1) is 0 Å². The molecule has 1 N–H and O–H groups in total. The zero-order chi connectivity index (χ0) is 10.9. The van der Waals surface area contributed by atoms with E-state index in [1.807, 2.05) is 7.05 Å². The number of hydrogen-bond acceptors (Lipinski definition) is 4. The van der Waals surface area contributed by atoms with Crippen LogP contribution in [0.25, 0.3) is 0 Å². The molecule has 0 aromatic carbocycles. The molecule has 0 radical (unpaired) electrons. The van der Waals surface area contributed by atoms with E-state index in [0.29, 0.717) is 30.4 Å². The first-order valence-corrected chi connectivity index (χ1v) is 7.39. The Kier molecular flexibility index (Phi) is 3.05. The molecule has 88 valence electrons. The maximum absolute atomic E-state index is 11.4. The SMILES string of the molecule is CNC1CCOC2(CCS(=O)(=O)CC2)C1. The van der Waals surface area contributed by atoms with Gasteiger partial charge in [0.05, 0.1) is 17.1 Å². The van der Waals surface area contributed by atoms with E-state index in [2.05, 4.69) is 5.32 Å². The van der Waals surface area contributed by atoms with Gasteiger partial charge in [-0.05, 0) is 32.7 Å². The lowest BCUT2D eigenvalue weighted by Crippen LogP contribution is -2.50. The van der Waals surface area contributed by atoms with E-state index in [9.17, 15) is 8.42 Å². The fourth-order valence-corrected chi connectivity index (χ4v) is 4.10. The summed E-state index contributed by atoms with van der Waals surface area (Å²) >= 11 is 0. The van der Waals surface area contributed by atoms with Crippen LogP contribution in [0.4, 0.5) is 0 Å². The maximum atomic E-state index is 11.4. The molecule has 1 atom stereocenters. The highest BCUT2D eigenvalue weighted by atomic mass is 32.2. The minimum Gasteiger partial charge on any atom is -0.375 e. The lowest BCUT2D eigenvalue weighted by Gasteiger charge is -2.43. The van der Waals surface area contributed by atoms with Gasteiger partial charge < -0.3 is 10.1 Å². The van der Waals surface area contributed by atoms with Gasteiger partial charge in [-0.1, -0.05) is 0 Å². The second-order valence-electron chi connectivity index (χ2n) is 4.66. The van der Waals surface area contributed by atoms with Gasteiger partial charge in [0, 0.05) is 12.6 Å². The van der Waals surface area contributed by atoms with Crippen molar-refractivity contribution < 1.29 is 13.2 Å². The summed E-state index contributed by atoms with van der Waals surface area (Å²) in [4.78, 5) is 0. The monoisotopic (exact) mass is 233 g/mol. The molecule has 0 aromatic rings. The third kappa shape index (κ3) is 2.52. The van der Waals surface area contributed by atoms with Crippen LogP contribution in [0.5, 0.6) is 0 Å². The highest BCUT2D eigenvalue weighted by Gasteiger charge is 2.41. The van der Waals surface area contributed by atoms with Crippen molar-refractivity contribution in [2.75, 3.05) is 25.2 Å². The Bertz CT molecular complexity index is 312. The average Bonchev–Trinajstić information content (AvgIpc) is 2.24. The summed E-state index contributed by atoms with van der Waals surface area (Å²) in [7, 11) is -0.821. The topological polar surface area (TPSA) is 55.4 Å². The van der Waals surface area contributed by atoms with Crippen molar-refractivity contribution in [3.8, 4) is 0 Å². The summed E-state index contributed by atoms with van der Waals surface area (Å²) in [6.07, 6.45) is 3.34. The van der Waals surface area contributed by atoms with Crippen LogP contribution in [-0.2, 0) is 14.6 Å². The van der Waals surface area contributed by atoms with Gasteiger partial charge in [0.25, 0.3) is 0 Å². The van der Waals surface area contributed by atoms with Crippen molar-refractivity contribution in [2.45, 2.75) is 37.3 Å². The highest BCUT2D eigenvalue weighted by Crippen LogP contribution is 2.35.